The highest BCUT2D eigenvalue weighted by Crippen LogP contribution is 2.35. The molecule has 0 saturated carbocycles. The SMILES string of the molecule is CC(c1occc1C(=O)C(F)(F)F)c1occc1C(=O)C(F)(F)F. The first-order valence-corrected chi connectivity index (χ1v) is 6.32. The van der Waals surface area contributed by atoms with Crippen LogP contribution in [0.4, 0.5) is 26.3 Å². The molecule has 0 fully saturated rings. The smallest absolute Gasteiger partial charge is 0.455 e. The topological polar surface area (TPSA) is 60.4 Å². The Hall–Kier alpha value is -2.52. The Labute approximate surface area is 130 Å². The lowest BCUT2D eigenvalue weighted by molar-refractivity contribution is -0.0888. The number of carbonyl (C=O) groups excluding carboxylic acids is 2. The molecule has 0 aliphatic heterocycles. The van der Waals surface area contributed by atoms with Gasteiger partial charge in [0, 0.05) is 0 Å². The van der Waals surface area contributed by atoms with Gasteiger partial charge in [-0.1, -0.05) is 0 Å². The van der Waals surface area contributed by atoms with Gasteiger partial charge in [-0.2, -0.15) is 26.3 Å². The van der Waals surface area contributed by atoms with E-state index in [9.17, 15) is 35.9 Å². The van der Waals surface area contributed by atoms with Gasteiger partial charge in [0.15, 0.2) is 0 Å². The van der Waals surface area contributed by atoms with Crippen molar-refractivity contribution in [1.82, 2.24) is 0 Å². The van der Waals surface area contributed by atoms with E-state index in [0.717, 1.165) is 31.6 Å². The van der Waals surface area contributed by atoms with Crippen LogP contribution in [0.25, 0.3) is 0 Å². The van der Waals surface area contributed by atoms with E-state index in [1.165, 1.54) is 0 Å². The highest BCUT2D eigenvalue weighted by molar-refractivity contribution is 6.02. The van der Waals surface area contributed by atoms with Crippen LogP contribution in [-0.4, -0.2) is 23.9 Å². The van der Waals surface area contributed by atoms with Crippen molar-refractivity contribution in [3.05, 3.63) is 47.3 Å². The van der Waals surface area contributed by atoms with E-state index in [0.29, 0.717) is 0 Å². The molecular formula is C14H8F6O4. The number of alkyl halides is 6. The first-order chi connectivity index (χ1) is 10.9. The number of carbonyl (C=O) groups is 2. The molecule has 0 atom stereocenters. The van der Waals surface area contributed by atoms with E-state index >= 15 is 0 Å². The van der Waals surface area contributed by atoms with E-state index in [4.69, 9.17) is 8.83 Å². The van der Waals surface area contributed by atoms with E-state index < -0.39 is 52.5 Å². The Morgan fingerprint density at radius 3 is 1.46 bits per heavy atom. The van der Waals surface area contributed by atoms with Crippen molar-refractivity contribution in [2.24, 2.45) is 0 Å². The Bertz CT molecular complexity index is 701. The molecule has 0 saturated heterocycles. The summed E-state index contributed by atoms with van der Waals surface area (Å²) in [5, 5.41) is 0. The van der Waals surface area contributed by atoms with Gasteiger partial charge in [-0.15, -0.1) is 0 Å². The molecule has 0 spiro atoms. The van der Waals surface area contributed by atoms with Crippen LogP contribution in [0, 0.1) is 0 Å². The molecule has 2 aromatic heterocycles. The Morgan fingerprint density at radius 1 is 0.833 bits per heavy atom. The van der Waals surface area contributed by atoms with Crippen LogP contribution in [0.15, 0.2) is 33.5 Å². The molecule has 0 aliphatic carbocycles. The second-order valence-electron chi connectivity index (χ2n) is 4.77. The average Bonchev–Trinajstić information content (AvgIpc) is 3.11. The van der Waals surface area contributed by atoms with Gasteiger partial charge in [0.2, 0.25) is 0 Å². The Morgan fingerprint density at radius 2 is 1.17 bits per heavy atom. The largest absolute Gasteiger partial charge is 0.468 e. The zero-order valence-corrected chi connectivity index (χ0v) is 11.8. The summed E-state index contributed by atoms with van der Waals surface area (Å²) in [4.78, 5) is 22.7. The molecule has 24 heavy (non-hydrogen) atoms. The molecule has 10 heteroatoms. The summed E-state index contributed by atoms with van der Waals surface area (Å²) in [5.41, 5.74) is -1.73. The first-order valence-electron chi connectivity index (χ1n) is 6.32. The van der Waals surface area contributed by atoms with Crippen molar-refractivity contribution in [3.63, 3.8) is 0 Å². The summed E-state index contributed by atoms with van der Waals surface area (Å²) in [6.07, 6.45) is -8.80. The molecule has 0 bridgehead atoms. The van der Waals surface area contributed by atoms with Gasteiger partial charge in [0.05, 0.1) is 29.6 Å². The highest BCUT2D eigenvalue weighted by atomic mass is 19.4. The quantitative estimate of drug-likeness (QED) is 0.599. The third-order valence-electron chi connectivity index (χ3n) is 3.18. The first kappa shape index (κ1) is 17.8. The van der Waals surface area contributed by atoms with E-state index in [1.54, 1.807) is 0 Å². The van der Waals surface area contributed by atoms with Crippen LogP contribution in [0.1, 0.15) is 45.1 Å². The second kappa shape index (κ2) is 5.84. The number of Topliss-reactive ketones (excluding diaryl/α,β-unsaturated/α-hetero) is 2. The van der Waals surface area contributed by atoms with Crippen LogP contribution >= 0.6 is 0 Å². The lowest BCUT2D eigenvalue weighted by Gasteiger charge is -2.12. The fraction of sp³-hybridized carbons (Fsp3) is 0.286. The third-order valence-corrected chi connectivity index (χ3v) is 3.18. The van der Waals surface area contributed by atoms with Gasteiger partial charge < -0.3 is 8.83 Å². The Balaban J connectivity index is 2.45. The van der Waals surface area contributed by atoms with E-state index in [2.05, 4.69) is 0 Å². The minimum absolute atomic E-state index is 0.552. The number of halogens is 6. The minimum Gasteiger partial charge on any atom is -0.468 e. The zero-order chi connectivity index (χ0) is 18.3. The van der Waals surface area contributed by atoms with Crippen molar-refractivity contribution in [1.29, 1.82) is 0 Å². The summed E-state index contributed by atoms with van der Waals surface area (Å²) in [6, 6.07) is 1.49. The maximum absolute atomic E-state index is 12.5. The standard InChI is InChI=1S/C14H8F6O4/c1-6(9-7(2-4-23-9)11(21)13(15,16)17)10-8(3-5-24-10)12(22)14(18,19)20/h2-6H,1H3. The van der Waals surface area contributed by atoms with Crippen LogP contribution in [0.3, 0.4) is 0 Å². The van der Waals surface area contributed by atoms with Crippen molar-refractivity contribution in [3.8, 4) is 0 Å². The number of furan rings is 2. The van der Waals surface area contributed by atoms with Crippen molar-refractivity contribution < 1.29 is 44.8 Å². The number of hydrogen-bond acceptors (Lipinski definition) is 4. The summed E-state index contributed by atoms with van der Waals surface area (Å²) < 4.78 is 84.9. The fourth-order valence-corrected chi connectivity index (χ4v) is 2.11. The second-order valence-corrected chi connectivity index (χ2v) is 4.77. The lowest BCUT2D eigenvalue weighted by Crippen LogP contribution is -2.25. The van der Waals surface area contributed by atoms with Crippen molar-refractivity contribution in [2.45, 2.75) is 25.2 Å². The van der Waals surface area contributed by atoms with Gasteiger partial charge >= 0.3 is 12.4 Å². The maximum Gasteiger partial charge on any atom is 0.455 e. The number of ketones is 2. The monoisotopic (exact) mass is 354 g/mol. The van der Waals surface area contributed by atoms with Crippen molar-refractivity contribution >= 4 is 11.6 Å². The molecule has 2 heterocycles. The normalized spacial score (nSPS) is 12.7. The number of rotatable bonds is 4. The number of hydrogen-bond donors (Lipinski definition) is 0. The zero-order valence-electron chi connectivity index (χ0n) is 11.8. The molecule has 4 nitrogen and oxygen atoms in total. The van der Waals surface area contributed by atoms with Gasteiger partial charge in [0.1, 0.15) is 11.5 Å². The lowest BCUT2D eigenvalue weighted by atomic mass is 9.96. The third kappa shape index (κ3) is 3.22. The molecule has 2 rings (SSSR count). The Kier molecular flexibility index (Phi) is 4.34. The van der Waals surface area contributed by atoms with Crippen molar-refractivity contribution in [2.75, 3.05) is 0 Å². The molecule has 0 unspecified atom stereocenters. The average molecular weight is 354 g/mol. The fourth-order valence-electron chi connectivity index (χ4n) is 2.11. The molecule has 130 valence electrons. The van der Waals surface area contributed by atoms with Gasteiger partial charge in [-0.3, -0.25) is 9.59 Å². The highest BCUT2D eigenvalue weighted by Gasteiger charge is 2.44. The molecule has 0 N–H and O–H groups in total. The maximum atomic E-state index is 12.5. The molecular weight excluding hydrogens is 346 g/mol. The summed E-state index contributed by atoms with van der Waals surface area (Å²) in [6.45, 7) is 1.15. The molecule has 0 aliphatic rings. The van der Waals surface area contributed by atoms with Gasteiger partial charge in [0.25, 0.3) is 11.6 Å². The molecule has 0 radical (unpaired) electrons. The summed E-state index contributed by atoms with van der Waals surface area (Å²) in [5.74, 6) is -6.86. The minimum atomic E-state index is -5.19. The predicted octanol–water partition coefficient (Wildman–Crippen LogP) is 4.51. The van der Waals surface area contributed by atoms with Crippen LogP contribution in [0.2, 0.25) is 0 Å². The molecule has 0 aromatic carbocycles. The summed E-state index contributed by atoms with van der Waals surface area (Å²) in [7, 11) is 0. The van der Waals surface area contributed by atoms with Gasteiger partial charge in [-0.25, -0.2) is 0 Å². The van der Waals surface area contributed by atoms with Gasteiger partial charge in [-0.05, 0) is 19.1 Å². The predicted molar refractivity (Wildman–Crippen MR) is 65.7 cm³/mol. The van der Waals surface area contributed by atoms with Crippen LogP contribution < -0.4 is 0 Å². The summed E-state index contributed by atoms with van der Waals surface area (Å²) >= 11 is 0. The molecule has 0 amide bonds. The van der Waals surface area contributed by atoms with Crippen LogP contribution in [-0.2, 0) is 0 Å². The van der Waals surface area contributed by atoms with Crippen LogP contribution in [0.5, 0.6) is 0 Å². The van der Waals surface area contributed by atoms with E-state index in [-0.39, 0.29) is 0 Å². The molecule has 2 aromatic rings. The van der Waals surface area contributed by atoms with E-state index in [1.807, 2.05) is 0 Å².